The van der Waals surface area contributed by atoms with Gasteiger partial charge < -0.3 is 16.0 Å². The number of amides is 1. The second kappa shape index (κ2) is 7.50. The first-order valence-electron chi connectivity index (χ1n) is 8.90. The number of rotatable bonds is 6. The van der Waals surface area contributed by atoms with E-state index < -0.39 is 5.91 Å². The summed E-state index contributed by atoms with van der Waals surface area (Å²) in [5, 5.41) is 5.00. The van der Waals surface area contributed by atoms with Gasteiger partial charge in [-0.3, -0.25) is 4.79 Å². The first-order chi connectivity index (χ1) is 13.1. The predicted octanol–water partition coefficient (Wildman–Crippen LogP) is 3.24. The van der Waals surface area contributed by atoms with E-state index in [1.54, 1.807) is 12.1 Å². The van der Waals surface area contributed by atoms with E-state index >= 15 is 0 Å². The molecule has 7 heteroatoms. The summed E-state index contributed by atoms with van der Waals surface area (Å²) in [6.07, 6.45) is 2.68. The average molecular weight is 382 g/mol. The van der Waals surface area contributed by atoms with Gasteiger partial charge in [-0.2, -0.15) is 0 Å². The number of para-hydroxylation sites is 1. The van der Waals surface area contributed by atoms with Crippen molar-refractivity contribution in [1.29, 1.82) is 0 Å². The molecule has 1 saturated heterocycles. The summed E-state index contributed by atoms with van der Waals surface area (Å²) in [4.78, 5) is 22.8. The Labute approximate surface area is 162 Å². The number of halogens is 1. The highest BCUT2D eigenvalue weighted by molar-refractivity contribution is 6.30. The fourth-order valence-electron chi connectivity index (χ4n) is 3.35. The number of benzene rings is 2. The zero-order chi connectivity index (χ0) is 18.8. The number of carbonyl (C=O) groups is 1. The van der Waals surface area contributed by atoms with Crippen LogP contribution < -0.4 is 11.1 Å². The molecule has 2 heterocycles. The Morgan fingerprint density at radius 1 is 1.22 bits per heavy atom. The van der Waals surface area contributed by atoms with Crippen LogP contribution in [-0.4, -0.2) is 40.4 Å². The number of likely N-dealkylation sites (tertiary alicyclic amines) is 1. The van der Waals surface area contributed by atoms with Crippen LogP contribution in [-0.2, 0) is 0 Å². The summed E-state index contributed by atoms with van der Waals surface area (Å²) in [6.45, 7) is 3.03. The number of hydrogen-bond donors (Lipinski definition) is 2. The Hall–Kier alpha value is -2.70. The molecule has 138 valence electrons. The molecule has 2 aromatic carbocycles. The van der Waals surface area contributed by atoms with Gasteiger partial charge in [-0.15, -0.1) is 0 Å². The summed E-state index contributed by atoms with van der Waals surface area (Å²) >= 11 is 6.21. The minimum absolute atomic E-state index is 0.0133. The summed E-state index contributed by atoms with van der Waals surface area (Å²) in [7, 11) is 0. The highest BCUT2D eigenvalue weighted by atomic mass is 35.5. The number of carbonyl (C=O) groups excluding carboxylic acids is 1. The van der Waals surface area contributed by atoms with Crippen LogP contribution in [0.15, 0.2) is 48.8 Å². The van der Waals surface area contributed by atoms with Crippen molar-refractivity contribution < 1.29 is 4.79 Å². The van der Waals surface area contributed by atoms with Crippen molar-refractivity contribution in [3.63, 3.8) is 0 Å². The van der Waals surface area contributed by atoms with E-state index in [1.165, 1.54) is 12.7 Å². The zero-order valence-electron chi connectivity index (χ0n) is 14.7. The fraction of sp³-hybridized carbons (Fsp3) is 0.250. The molecule has 6 nitrogen and oxygen atoms in total. The molecule has 4 rings (SSSR count). The van der Waals surface area contributed by atoms with Crippen molar-refractivity contribution in [1.82, 2.24) is 14.9 Å². The van der Waals surface area contributed by atoms with Crippen LogP contribution in [0.2, 0.25) is 5.02 Å². The van der Waals surface area contributed by atoms with Crippen LogP contribution in [0.25, 0.3) is 10.9 Å². The molecule has 0 bridgehead atoms. The number of fused-ring (bicyclic) bond motifs is 1. The van der Waals surface area contributed by atoms with Crippen LogP contribution in [0, 0.1) is 0 Å². The Balaban J connectivity index is 1.72. The normalized spacial score (nSPS) is 15.3. The van der Waals surface area contributed by atoms with Crippen molar-refractivity contribution in [3.8, 4) is 0 Å². The van der Waals surface area contributed by atoms with Gasteiger partial charge in [0.05, 0.1) is 17.1 Å². The van der Waals surface area contributed by atoms with Crippen LogP contribution in [0.3, 0.4) is 0 Å². The number of nitrogens with two attached hydrogens (primary N) is 1. The number of nitrogens with zero attached hydrogens (tertiary/aromatic N) is 3. The lowest BCUT2D eigenvalue weighted by molar-refractivity contribution is 0.100. The minimum atomic E-state index is -0.503. The van der Waals surface area contributed by atoms with Gasteiger partial charge in [0.1, 0.15) is 12.1 Å². The quantitative estimate of drug-likeness (QED) is 0.684. The highest BCUT2D eigenvalue weighted by Crippen LogP contribution is 2.28. The lowest BCUT2D eigenvalue weighted by Gasteiger charge is -2.35. The molecule has 1 aromatic heterocycles. The number of anilines is 1. The summed E-state index contributed by atoms with van der Waals surface area (Å²) in [5.41, 5.74) is 7.52. The van der Waals surface area contributed by atoms with Gasteiger partial charge in [0, 0.05) is 17.0 Å². The lowest BCUT2D eigenvalue weighted by atomic mass is 10.0. The lowest BCUT2D eigenvalue weighted by Crippen LogP contribution is -2.41. The molecule has 0 radical (unpaired) electrons. The topological polar surface area (TPSA) is 84.1 Å². The largest absolute Gasteiger partial charge is 0.366 e. The maximum absolute atomic E-state index is 11.7. The Morgan fingerprint density at radius 3 is 2.74 bits per heavy atom. The van der Waals surface area contributed by atoms with Crippen LogP contribution in [0.5, 0.6) is 0 Å². The molecule has 1 atom stereocenters. The zero-order valence-corrected chi connectivity index (χ0v) is 15.5. The van der Waals surface area contributed by atoms with E-state index in [0.717, 1.165) is 30.6 Å². The molecule has 1 amide bonds. The number of nitrogens with one attached hydrogen (secondary N) is 1. The molecule has 1 aliphatic heterocycles. The summed E-state index contributed by atoms with van der Waals surface area (Å²) in [6, 6.07) is 13.2. The molecule has 3 N–H and O–H groups in total. The Morgan fingerprint density at radius 2 is 2.04 bits per heavy atom. The van der Waals surface area contributed by atoms with E-state index in [0.29, 0.717) is 21.9 Å². The van der Waals surface area contributed by atoms with Gasteiger partial charge in [0.15, 0.2) is 0 Å². The molecular weight excluding hydrogens is 362 g/mol. The summed E-state index contributed by atoms with van der Waals surface area (Å²) in [5.74, 6) is 0.172. The Bertz CT molecular complexity index is 989. The fourth-order valence-corrected chi connectivity index (χ4v) is 3.55. The van der Waals surface area contributed by atoms with E-state index in [2.05, 4.69) is 26.3 Å². The molecular formula is C20H20ClN5O. The van der Waals surface area contributed by atoms with Crippen LogP contribution in [0.4, 0.5) is 5.82 Å². The monoisotopic (exact) mass is 381 g/mol. The number of primary amides is 1. The third kappa shape index (κ3) is 3.72. The maximum Gasteiger partial charge on any atom is 0.250 e. The van der Waals surface area contributed by atoms with Gasteiger partial charge in [0.25, 0.3) is 5.91 Å². The molecule has 0 saturated carbocycles. The third-order valence-electron chi connectivity index (χ3n) is 4.88. The van der Waals surface area contributed by atoms with Gasteiger partial charge in [0.2, 0.25) is 0 Å². The first-order valence-corrected chi connectivity index (χ1v) is 9.27. The van der Waals surface area contributed by atoms with Gasteiger partial charge in [-0.1, -0.05) is 29.8 Å². The minimum Gasteiger partial charge on any atom is -0.366 e. The second-order valence-corrected chi connectivity index (χ2v) is 7.13. The van der Waals surface area contributed by atoms with Crippen molar-refractivity contribution >= 4 is 34.2 Å². The number of hydrogen-bond acceptors (Lipinski definition) is 5. The van der Waals surface area contributed by atoms with Crippen LogP contribution >= 0.6 is 11.6 Å². The van der Waals surface area contributed by atoms with E-state index in [-0.39, 0.29) is 6.04 Å². The molecule has 0 spiro atoms. The van der Waals surface area contributed by atoms with E-state index in [4.69, 9.17) is 17.3 Å². The molecule has 0 aliphatic carbocycles. The van der Waals surface area contributed by atoms with Gasteiger partial charge in [-0.05, 0) is 49.3 Å². The second-order valence-electron chi connectivity index (χ2n) is 6.69. The standard InChI is InChI=1S/C20H20ClN5O/c21-14-5-1-4-13(10-14)17(11-26-8-3-9-26)25-20-16-7-2-6-15(19(22)27)18(16)23-12-24-20/h1-2,4-7,10,12,17H,3,8-9,11H2,(H2,22,27)(H,23,24,25). The molecule has 1 fully saturated rings. The van der Waals surface area contributed by atoms with Crippen molar-refractivity contribution in [2.45, 2.75) is 12.5 Å². The molecule has 3 aromatic rings. The SMILES string of the molecule is NC(=O)c1cccc2c(NC(CN3CCC3)c3cccc(Cl)c3)ncnc12. The molecule has 1 unspecified atom stereocenters. The van der Waals surface area contributed by atoms with E-state index in [9.17, 15) is 4.79 Å². The van der Waals surface area contributed by atoms with Crippen molar-refractivity contribution in [2.24, 2.45) is 5.73 Å². The number of aromatic nitrogens is 2. The Kier molecular flexibility index (Phi) is 4.92. The smallest absolute Gasteiger partial charge is 0.250 e. The van der Waals surface area contributed by atoms with Crippen molar-refractivity contribution in [2.75, 3.05) is 25.0 Å². The van der Waals surface area contributed by atoms with Crippen LogP contribution in [0.1, 0.15) is 28.4 Å². The van der Waals surface area contributed by atoms with Gasteiger partial charge >= 0.3 is 0 Å². The first kappa shape index (κ1) is 17.7. The molecule has 27 heavy (non-hydrogen) atoms. The van der Waals surface area contributed by atoms with Gasteiger partial charge in [-0.25, -0.2) is 9.97 Å². The maximum atomic E-state index is 11.7. The third-order valence-corrected chi connectivity index (χ3v) is 5.12. The van der Waals surface area contributed by atoms with Crippen molar-refractivity contribution in [3.05, 3.63) is 64.9 Å². The van der Waals surface area contributed by atoms with E-state index in [1.807, 2.05) is 24.3 Å². The average Bonchev–Trinajstić information content (AvgIpc) is 2.63. The predicted molar refractivity (Wildman–Crippen MR) is 107 cm³/mol. The highest BCUT2D eigenvalue weighted by Gasteiger charge is 2.22. The molecule has 1 aliphatic rings. The summed E-state index contributed by atoms with van der Waals surface area (Å²) < 4.78 is 0.